The van der Waals surface area contributed by atoms with Crippen molar-refractivity contribution in [3.05, 3.63) is 23.3 Å². The molecule has 1 rings (SSSR count). The van der Waals surface area contributed by atoms with Gasteiger partial charge in [-0.2, -0.15) is 0 Å². The van der Waals surface area contributed by atoms with E-state index in [-0.39, 0.29) is 0 Å². The van der Waals surface area contributed by atoms with Crippen LogP contribution in [0.15, 0.2) is 23.3 Å². The lowest BCUT2D eigenvalue weighted by Crippen LogP contribution is -1.97. The largest absolute Gasteiger partial charge is 0.299 e. The fourth-order valence-electron chi connectivity index (χ4n) is 1.48. The van der Waals surface area contributed by atoms with E-state index in [0.29, 0.717) is 18.6 Å². The van der Waals surface area contributed by atoms with Gasteiger partial charge in [-0.05, 0) is 33.1 Å². The lowest BCUT2D eigenvalue weighted by atomic mass is 10.0. The first-order valence-corrected chi connectivity index (χ1v) is 5.01. The monoisotopic (exact) mass is 178 g/mol. The Morgan fingerprint density at radius 3 is 2.46 bits per heavy atom. The minimum absolute atomic E-state index is 0.369. The second-order valence-corrected chi connectivity index (χ2v) is 3.88. The van der Waals surface area contributed by atoms with Crippen LogP contribution in [-0.2, 0) is 4.79 Å². The lowest BCUT2D eigenvalue weighted by Gasteiger charge is -2.05. The molecule has 0 heterocycles. The van der Waals surface area contributed by atoms with Crippen molar-refractivity contribution in [2.45, 2.75) is 46.0 Å². The number of allylic oxidation sites excluding steroid dienone is 4. The third-order valence-corrected chi connectivity index (χ3v) is 2.51. The van der Waals surface area contributed by atoms with Crippen LogP contribution in [-0.4, -0.2) is 5.78 Å². The molecule has 72 valence electrons. The molecule has 1 aliphatic carbocycles. The fourth-order valence-corrected chi connectivity index (χ4v) is 1.48. The fraction of sp³-hybridized carbons (Fsp3) is 0.583. The first kappa shape index (κ1) is 10.2. The quantitative estimate of drug-likeness (QED) is 0.519. The molecule has 0 amide bonds. The average molecular weight is 178 g/mol. The van der Waals surface area contributed by atoms with Crippen molar-refractivity contribution in [3.63, 3.8) is 0 Å². The molecule has 0 fully saturated rings. The second kappa shape index (κ2) is 5.00. The van der Waals surface area contributed by atoms with Crippen molar-refractivity contribution in [3.8, 4) is 0 Å². The Kier molecular flexibility index (Phi) is 3.94. The van der Waals surface area contributed by atoms with Crippen molar-refractivity contribution >= 4 is 5.78 Å². The highest BCUT2D eigenvalue weighted by atomic mass is 16.1. The van der Waals surface area contributed by atoms with Gasteiger partial charge in [0.2, 0.25) is 0 Å². The maximum atomic E-state index is 11.3. The van der Waals surface area contributed by atoms with Crippen LogP contribution in [0, 0.1) is 0 Å². The number of hydrogen-bond donors (Lipinski definition) is 0. The summed E-state index contributed by atoms with van der Waals surface area (Å²) in [5.41, 5.74) is 2.71. The summed E-state index contributed by atoms with van der Waals surface area (Å²) in [5.74, 6) is 0.369. The molecule has 0 aliphatic heterocycles. The minimum atomic E-state index is 0.369. The van der Waals surface area contributed by atoms with Crippen molar-refractivity contribution < 1.29 is 4.79 Å². The van der Waals surface area contributed by atoms with Crippen LogP contribution in [0.5, 0.6) is 0 Å². The summed E-state index contributed by atoms with van der Waals surface area (Å²) in [7, 11) is 0. The predicted molar refractivity (Wildman–Crippen MR) is 55.6 cm³/mol. The van der Waals surface area contributed by atoms with Crippen molar-refractivity contribution in [2.75, 3.05) is 0 Å². The van der Waals surface area contributed by atoms with E-state index in [1.165, 1.54) is 11.1 Å². The lowest BCUT2D eigenvalue weighted by molar-refractivity contribution is -0.118. The molecule has 0 aromatic heterocycles. The Labute approximate surface area is 80.5 Å². The molecule has 0 N–H and O–H groups in total. The highest BCUT2D eigenvalue weighted by molar-refractivity contribution is 5.80. The number of hydrogen-bond acceptors (Lipinski definition) is 1. The molecule has 0 bridgehead atoms. The van der Waals surface area contributed by atoms with Gasteiger partial charge in [-0.3, -0.25) is 4.79 Å². The van der Waals surface area contributed by atoms with Gasteiger partial charge in [0, 0.05) is 12.8 Å². The Morgan fingerprint density at radius 2 is 1.69 bits per heavy atom. The SMILES string of the molecule is C/C1=C/CC(=O)CC/C(C)=C/CC1. The van der Waals surface area contributed by atoms with Crippen LogP contribution in [0.3, 0.4) is 0 Å². The minimum Gasteiger partial charge on any atom is -0.299 e. The molecule has 0 radical (unpaired) electrons. The summed E-state index contributed by atoms with van der Waals surface area (Å²) in [6, 6.07) is 0. The van der Waals surface area contributed by atoms with Gasteiger partial charge in [0.15, 0.2) is 0 Å². The van der Waals surface area contributed by atoms with Crippen LogP contribution in [0.25, 0.3) is 0 Å². The third kappa shape index (κ3) is 4.07. The zero-order chi connectivity index (χ0) is 9.68. The number of carbonyl (C=O) groups is 1. The molecule has 0 aromatic rings. The summed E-state index contributed by atoms with van der Waals surface area (Å²) in [5, 5.41) is 0. The van der Waals surface area contributed by atoms with Crippen molar-refractivity contribution in [1.82, 2.24) is 0 Å². The third-order valence-electron chi connectivity index (χ3n) is 2.51. The van der Waals surface area contributed by atoms with Crippen LogP contribution in [0.1, 0.15) is 46.0 Å². The Hall–Kier alpha value is -0.850. The van der Waals surface area contributed by atoms with E-state index >= 15 is 0 Å². The zero-order valence-electron chi connectivity index (χ0n) is 8.60. The average Bonchev–Trinajstić information content (AvgIpc) is 2.10. The smallest absolute Gasteiger partial charge is 0.136 e. The summed E-state index contributed by atoms with van der Waals surface area (Å²) in [6.07, 6.45) is 8.87. The maximum Gasteiger partial charge on any atom is 0.136 e. The van der Waals surface area contributed by atoms with Gasteiger partial charge in [-0.25, -0.2) is 0 Å². The molecule has 13 heavy (non-hydrogen) atoms. The molecule has 0 atom stereocenters. The number of Topliss-reactive ketones (excluding diaryl/α,β-unsaturated/α-hetero) is 1. The van der Waals surface area contributed by atoms with Gasteiger partial charge >= 0.3 is 0 Å². The van der Waals surface area contributed by atoms with Gasteiger partial charge in [-0.15, -0.1) is 0 Å². The summed E-state index contributed by atoms with van der Waals surface area (Å²) in [6.45, 7) is 4.23. The molecule has 0 saturated carbocycles. The van der Waals surface area contributed by atoms with E-state index in [2.05, 4.69) is 26.0 Å². The van der Waals surface area contributed by atoms with E-state index in [1.54, 1.807) is 0 Å². The van der Waals surface area contributed by atoms with E-state index in [9.17, 15) is 4.79 Å². The van der Waals surface area contributed by atoms with Crippen LogP contribution >= 0.6 is 0 Å². The summed E-state index contributed by atoms with van der Waals surface area (Å²) in [4.78, 5) is 11.3. The molecule has 1 aliphatic rings. The topological polar surface area (TPSA) is 17.1 Å². The first-order valence-electron chi connectivity index (χ1n) is 5.01. The normalized spacial score (nSPS) is 28.6. The highest BCUT2D eigenvalue weighted by Crippen LogP contribution is 2.14. The maximum absolute atomic E-state index is 11.3. The molecule has 0 aromatic carbocycles. The van der Waals surface area contributed by atoms with Crippen molar-refractivity contribution in [1.29, 1.82) is 0 Å². The Morgan fingerprint density at radius 1 is 1.00 bits per heavy atom. The van der Waals surface area contributed by atoms with Gasteiger partial charge < -0.3 is 0 Å². The van der Waals surface area contributed by atoms with E-state index < -0.39 is 0 Å². The standard InChI is InChI=1S/C12H18O/c1-10-4-3-5-11(2)7-9-12(13)8-6-10/h4,7H,3,5-6,8-9H2,1-2H3/b10-4+,11-7-. The van der Waals surface area contributed by atoms with Crippen LogP contribution < -0.4 is 0 Å². The summed E-state index contributed by atoms with van der Waals surface area (Å²) < 4.78 is 0. The molecular formula is C12H18O. The highest BCUT2D eigenvalue weighted by Gasteiger charge is 2.02. The predicted octanol–water partition coefficient (Wildman–Crippen LogP) is 3.41. The van der Waals surface area contributed by atoms with E-state index in [4.69, 9.17) is 0 Å². The van der Waals surface area contributed by atoms with E-state index in [1.807, 2.05) is 0 Å². The van der Waals surface area contributed by atoms with Crippen LogP contribution in [0.2, 0.25) is 0 Å². The second-order valence-electron chi connectivity index (χ2n) is 3.88. The molecule has 1 heteroatoms. The molecule has 1 nitrogen and oxygen atoms in total. The molecule has 0 unspecified atom stereocenters. The Bertz CT molecular complexity index is 246. The van der Waals surface area contributed by atoms with Gasteiger partial charge in [0.1, 0.15) is 5.78 Å². The molecule has 0 spiro atoms. The van der Waals surface area contributed by atoms with Crippen molar-refractivity contribution in [2.24, 2.45) is 0 Å². The molecule has 0 saturated heterocycles. The van der Waals surface area contributed by atoms with Gasteiger partial charge in [-0.1, -0.05) is 23.3 Å². The van der Waals surface area contributed by atoms with Crippen LogP contribution in [0.4, 0.5) is 0 Å². The Balaban J connectivity index is 2.61. The van der Waals surface area contributed by atoms with Gasteiger partial charge in [0.25, 0.3) is 0 Å². The van der Waals surface area contributed by atoms with E-state index in [0.717, 1.165) is 19.3 Å². The number of rotatable bonds is 0. The first-order chi connectivity index (χ1) is 6.18. The summed E-state index contributed by atoms with van der Waals surface area (Å²) >= 11 is 0. The number of ketones is 1. The zero-order valence-corrected chi connectivity index (χ0v) is 8.60. The van der Waals surface area contributed by atoms with Gasteiger partial charge in [0.05, 0.1) is 0 Å². The molecular weight excluding hydrogens is 160 g/mol. The number of carbonyl (C=O) groups excluding carboxylic acids is 1.